The van der Waals surface area contributed by atoms with Crippen molar-refractivity contribution in [2.24, 2.45) is 0 Å². The average molecular weight is 439 g/mol. The summed E-state index contributed by atoms with van der Waals surface area (Å²) in [5.74, 6) is -0.261. The minimum Gasteiger partial charge on any atom is -0.494 e. The van der Waals surface area contributed by atoms with Gasteiger partial charge in [0.15, 0.2) is 0 Å². The predicted octanol–water partition coefficient (Wildman–Crippen LogP) is 2.18. The lowest BCUT2D eigenvalue weighted by atomic mass is 10.2. The van der Waals surface area contributed by atoms with Crippen LogP contribution >= 0.6 is 0 Å². The number of esters is 1. The van der Waals surface area contributed by atoms with Crippen LogP contribution in [0.15, 0.2) is 45.9 Å². The van der Waals surface area contributed by atoms with Gasteiger partial charge >= 0.3 is 5.97 Å². The molecular weight excluding hydrogens is 412 g/mol. The number of sulfonamides is 1. The highest BCUT2D eigenvalue weighted by molar-refractivity contribution is 7.88. The van der Waals surface area contributed by atoms with Crippen molar-refractivity contribution in [2.75, 3.05) is 27.2 Å². The minimum absolute atomic E-state index is 0.175. The van der Waals surface area contributed by atoms with Gasteiger partial charge in [-0.2, -0.15) is 0 Å². The second-order valence-corrected chi connectivity index (χ2v) is 8.66. The van der Waals surface area contributed by atoms with Crippen molar-refractivity contribution in [2.45, 2.75) is 31.5 Å². The molecule has 1 aromatic heterocycles. The fourth-order valence-electron chi connectivity index (χ4n) is 2.25. The van der Waals surface area contributed by atoms with E-state index in [1.165, 1.54) is 26.2 Å². The number of nitrogens with zero attached hydrogens (tertiary/aromatic N) is 1. The second kappa shape index (κ2) is 10.8. The van der Waals surface area contributed by atoms with Gasteiger partial charge in [-0.05, 0) is 42.8 Å². The van der Waals surface area contributed by atoms with Crippen LogP contribution in [0, 0.1) is 0 Å². The molecule has 2 rings (SSSR count). The number of furan rings is 1. The molecule has 1 aromatic carbocycles. The van der Waals surface area contributed by atoms with Gasteiger partial charge in [0.05, 0.1) is 6.61 Å². The first-order valence-corrected chi connectivity index (χ1v) is 10.9. The molecule has 0 unspecified atom stereocenters. The minimum atomic E-state index is -3.70. The summed E-state index contributed by atoms with van der Waals surface area (Å²) in [7, 11) is -0.932. The first kappa shape index (κ1) is 23.4. The number of amides is 1. The van der Waals surface area contributed by atoms with Crippen LogP contribution in [-0.2, 0) is 26.2 Å². The molecule has 0 radical (unpaired) electrons. The van der Waals surface area contributed by atoms with Gasteiger partial charge in [0.1, 0.15) is 24.7 Å². The molecule has 0 fully saturated rings. The number of carbonyl (C=O) groups is 2. The van der Waals surface area contributed by atoms with Gasteiger partial charge < -0.3 is 19.2 Å². The van der Waals surface area contributed by atoms with Gasteiger partial charge in [-0.15, -0.1) is 0 Å². The van der Waals surface area contributed by atoms with E-state index in [4.69, 9.17) is 13.9 Å². The largest absolute Gasteiger partial charge is 0.494 e. The maximum absolute atomic E-state index is 12.1. The van der Waals surface area contributed by atoms with E-state index in [0.717, 1.165) is 17.1 Å². The Labute approximate surface area is 176 Å². The zero-order valence-electron chi connectivity index (χ0n) is 17.2. The highest BCUT2D eigenvalue weighted by atomic mass is 32.2. The van der Waals surface area contributed by atoms with E-state index in [1.807, 2.05) is 0 Å². The fourth-order valence-corrected chi connectivity index (χ4v) is 3.06. The topological polar surface area (TPSA) is 115 Å². The summed E-state index contributed by atoms with van der Waals surface area (Å²) >= 11 is 0. The van der Waals surface area contributed by atoms with Gasteiger partial charge in [0, 0.05) is 19.7 Å². The SMILES string of the molecule is CCCCOc1ccc(C(=O)NCC(=O)OCc2ccc(S(=O)(=O)N(C)C)o2)cc1. The summed E-state index contributed by atoms with van der Waals surface area (Å²) in [4.78, 5) is 24.0. The van der Waals surface area contributed by atoms with Gasteiger partial charge in [-0.1, -0.05) is 13.3 Å². The normalized spacial score (nSPS) is 11.3. The third-order valence-electron chi connectivity index (χ3n) is 4.02. The zero-order chi connectivity index (χ0) is 22.1. The van der Waals surface area contributed by atoms with E-state index in [1.54, 1.807) is 24.3 Å². The fraction of sp³-hybridized carbons (Fsp3) is 0.400. The molecule has 0 saturated carbocycles. The summed E-state index contributed by atoms with van der Waals surface area (Å²) in [6.07, 6.45) is 1.99. The van der Waals surface area contributed by atoms with Crippen LogP contribution in [0.3, 0.4) is 0 Å². The van der Waals surface area contributed by atoms with Crippen molar-refractivity contribution in [1.82, 2.24) is 9.62 Å². The maximum atomic E-state index is 12.1. The quantitative estimate of drug-likeness (QED) is 0.422. The standard InChI is InChI=1S/C20H26N2O7S/c1-4-5-12-27-16-8-6-15(7-9-16)20(24)21-13-18(23)28-14-17-10-11-19(29-17)30(25,26)22(2)3/h6-11H,4-5,12-14H2,1-3H3,(H,21,24). The van der Waals surface area contributed by atoms with E-state index in [9.17, 15) is 18.0 Å². The first-order valence-electron chi connectivity index (χ1n) is 9.42. The lowest BCUT2D eigenvalue weighted by Crippen LogP contribution is -2.30. The molecule has 0 saturated heterocycles. The number of hydrogen-bond donors (Lipinski definition) is 1. The highest BCUT2D eigenvalue weighted by Crippen LogP contribution is 2.17. The number of benzene rings is 1. The molecule has 10 heteroatoms. The summed E-state index contributed by atoms with van der Waals surface area (Å²) in [5, 5.41) is 2.22. The van der Waals surface area contributed by atoms with Gasteiger partial charge in [0.2, 0.25) is 5.09 Å². The van der Waals surface area contributed by atoms with E-state index in [2.05, 4.69) is 12.2 Å². The molecule has 0 aliphatic heterocycles. The maximum Gasteiger partial charge on any atom is 0.325 e. The zero-order valence-corrected chi connectivity index (χ0v) is 18.0. The number of unbranched alkanes of at least 4 members (excludes halogenated alkanes) is 1. The van der Waals surface area contributed by atoms with Crippen molar-refractivity contribution in [3.8, 4) is 5.75 Å². The van der Waals surface area contributed by atoms with Gasteiger partial charge in [-0.25, -0.2) is 12.7 Å². The second-order valence-electron chi connectivity index (χ2n) is 6.58. The lowest BCUT2D eigenvalue weighted by Gasteiger charge is -2.08. The van der Waals surface area contributed by atoms with Crippen molar-refractivity contribution < 1.29 is 31.9 Å². The van der Waals surface area contributed by atoms with E-state index < -0.39 is 21.9 Å². The van der Waals surface area contributed by atoms with Crippen molar-refractivity contribution >= 4 is 21.9 Å². The smallest absolute Gasteiger partial charge is 0.325 e. The summed E-state index contributed by atoms with van der Waals surface area (Å²) in [6, 6.07) is 9.30. The summed E-state index contributed by atoms with van der Waals surface area (Å²) in [5.41, 5.74) is 0.384. The third kappa shape index (κ3) is 6.60. The Morgan fingerprint density at radius 2 is 1.80 bits per heavy atom. The van der Waals surface area contributed by atoms with Crippen LogP contribution in [0.4, 0.5) is 0 Å². The van der Waals surface area contributed by atoms with Crippen LogP contribution in [0.2, 0.25) is 0 Å². The molecule has 0 aliphatic carbocycles. The molecule has 30 heavy (non-hydrogen) atoms. The molecule has 9 nitrogen and oxygen atoms in total. The molecule has 2 aromatic rings. The van der Waals surface area contributed by atoms with Gasteiger partial charge in [-0.3, -0.25) is 9.59 Å². The number of rotatable bonds is 11. The van der Waals surface area contributed by atoms with Crippen LogP contribution in [-0.4, -0.2) is 51.8 Å². The molecule has 0 spiro atoms. The molecule has 1 heterocycles. The number of carbonyl (C=O) groups excluding carboxylic acids is 2. The third-order valence-corrected chi connectivity index (χ3v) is 5.71. The Bertz CT molecular complexity index is 950. The van der Waals surface area contributed by atoms with Crippen molar-refractivity contribution in [1.29, 1.82) is 0 Å². The Morgan fingerprint density at radius 1 is 1.10 bits per heavy atom. The Hall–Kier alpha value is -2.85. The van der Waals surface area contributed by atoms with Crippen LogP contribution in [0.5, 0.6) is 5.75 Å². The predicted molar refractivity (Wildman–Crippen MR) is 109 cm³/mol. The molecule has 0 atom stereocenters. The monoisotopic (exact) mass is 438 g/mol. The van der Waals surface area contributed by atoms with Gasteiger partial charge in [0.25, 0.3) is 15.9 Å². The highest BCUT2D eigenvalue weighted by Gasteiger charge is 2.21. The summed E-state index contributed by atoms with van der Waals surface area (Å²) < 4.78 is 40.6. The van der Waals surface area contributed by atoms with Crippen molar-refractivity contribution in [3.63, 3.8) is 0 Å². The Kier molecular flexibility index (Phi) is 8.43. The van der Waals surface area contributed by atoms with E-state index in [-0.39, 0.29) is 24.0 Å². The molecular formula is C20H26N2O7S. The summed E-state index contributed by atoms with van der Waals surface area (Å²) in [6.45, 7) is 2.11. The molecule has 0 bridgehead atoms. The molecule has 164 valence electrons. The van der Waals surface area contributed by atoms with Crippen molar-refractivity contribution in [3.05, 3.63) is 47.7 Å². The first-order chi connectivity index (χ1) is 14.2. The number of nitrogens with one attached hydrogen (secondary N) is 1. The molecule has 1 amide bonds. The van der Waals surface area contributed by atoms with Crippen LogP contribution in [0.1, 0.15) is 35.9 Å². The van der Waals surface area contributed by atoms with Crippen LogP contribution < -0.4 is 10.1 Å². The average Bonchev–Trinajstić information content (AvgIpc) is 3.21. The Morgan fingerprint density at radius 3 is 2.43 bits per heavy atom. The number of ether oxygens (including phenoxy) is 2. The van der Waals surface area contributed by atoms with E-state index >= 15 is 0 Å². The van der Waals surface area contributed by atoms with E-state index in [0.29, 0.717) is 17.9 Å². The van der Waals surface area contributed by atoms with Crippen LogP contribution in [0.25, 0.3) is 0 Å². The molecule has 1 N–H and O–H groups in total. The molecule has 0 aliphatic rings. The number of hydrogen-bond acceptors (Lipinski definition) is 7. The Balaban J connectivity index is 1.78. The lowest BCUT2D eigenvalue weighted by molar-refractivity contribution is -0.144.